The summed E-state index contributed by atoms with van der Waals surface area (Å²) >= 11 is 2.66. The number of methoxy groups -OCH3 is 1. The van der Waals surface area contributed by atoms with E-state index < -0.39 is 0 Å². The summed E-state index contributed by atoms with van der Waals surface area (Å²) in [5.74, 6) is 0.872. The average Bonchev–Trinajstić information content (AvgIpc) is 2.84. The van der Waals surface area contributed by atoms with Crippen molar-refractivity contribution < 1.29 is 20.1 Å². The van der Waals surface area contributed by atoms with Crippen LogP contribution >= 0.6 is 23.5 Å². The number of phenolic OH excluding ortho intramolecular Hbond substituents is 3. The molecule has 0 atom stereocenters. The number of benzene rings is 5. The van der Waals surface area contributed by atoms with E-state index in [1.54, 1.807) is 25.3 Å². The number of aromatic hydroxyl groups is 3. The van der Waals surface area contributed by atoms with Gasteiger partial charge in [0.2, 0.25) is 0 Å². The molecule has 0 aliphatic heterocycles. The Labute approximate surface area is 199 Å². The number of phenols is 3. The van der Waals surface area contributed by atoms with Crippen LogP contribution in [0.15, 0.2) is 105 Å². The normalized spacial score (nSPS) is 11.2. The fraction of sp³-hybridized carbons (Fsp3) is 0.0370. The van der Waals surface area contributed by atoms with Gasteiger partial charge < -0.3 is 20.1 Å². The van der Waals surface area contributed by atoms with Crippen molar-refractivity contribution in [1.82, 2.24) is 0 Å². The Morgan fingerprint density at radius 1 is 0.576 bits per heavy atom. The van der Waals surface area contributed by atoms with Gasteiger partial charge in [-0.3, -0.25) is 0 Å². The largest absolute Gasteiger partial charge is 0.507 e. The molecule has 5 aromatic rings. The van der Waals surface area contributed by atoms with Crippen LogP contribution in [0.2, 0.25) is 0 Å². The number of fused-ring (bicyclic) bond motifs is 2. The summed E-state index contributed by atoms with van der Waals surface area (Å²) in [4.78, 5) is 2.69. The first-order valence-electron chi connectivity index (χ1n) is 10.2. The highest BCUT2D eigenvalue weighted by molar-refractivity contribution is 8.00. The number of rotatable bonds is 5. The molecule has 0 saturated carbocycles. The van der Waals surface area contributed by atoms with Crippen LogP contribution in [0.4, 0.5) is 0 Å². The quantitative estimate of drug-likeness (QED) is 0.247. The molecule has 3 N–H and O–H groups in total. The van der Waals surface area contributed by atoms with Gasteiger partial charge in [-0.2, -0.15) is 0 Å². The van der Waals surface area contributed by atoms with E-state index in [1.807, 2.05) is 66.7 Å². The predicted molar refractivity (Wildman–Crippen MR) is 134 cm³/mol. The van der Waals surface area contributed by atoms with Gasteiger partial charge in [0, 0.05) is 6.07 Å². The van der Waals surface area contributed by atoms with E-state index in [1.165, 1.54) is 23.5 Å². The minimum absolute atomic E-state index is 0.0516. The van der Waals surface area contributed by atoms with Crippen LogP contribution < -0.4 is 4.74 Å². The lowest BCUT2D eigenvalue weighted by molar-refractivity contribution is 0.395. The molecule has 0 bridgehead atoms. The van der Waals surface area contributed by atoms with Crippen molar-refractivity contribution in [3.63, 3.8) is 0 Å². The van der Waals surface area contributed by atoms with Crippen LogP contribution in [-0.4, -0.2) is 22.4 Å². The van der Waals surface area contributed by atoms with Crippen LogP contribution in [0.3, 0.4) is 0 Å². The molecule has 164 valence electrons. The van der Waals surface area contributed by atoms with Gasteiger partial charge in [0.1, 0.15) is 23.0 Å². The molecule has 0 aromatic heterocycles. The lowest BCUT2D eigenvalue weighted by atomic mass is 10.1. The molecule has 0 aliphatic rings. The van der Waals surface area contributed by atoms with E-state index in [0.717, 1.165) is 26.4 Å². The van der Waals surface area contributed by atoms with Crippen molar-refractivity contribution in [3.8, 4) is 23.0 Å². The van der Waals surface area contributed by atoms with Crippen LogP contribution in [-0.2, 0) is 0 Å². The summed E-state index contributed by atoms with van der Waals surface area (Å²) in [6.45, 7) is 0. The highest BCUT2D eigenvalue weighted by Gasteiger charge is 2.18. The minimum atomic E-state index is 0.0516. The maximum atomic E-state index is 10.7. The number of ether oxygens (including phenoxy) is 1. The monoisotopic (exact) mass is 472 g/mol. The van der Waals surface area contributed by atoms with Crippen molar-refractivity contribution in [2.75, 3.05) is 7.11 Å². The molecule has 5 aromatic carbocycles. The summed E-state index contributed by atoms with van der Waals surface area (Å²) in [5.41, 5.74) is 0. The zero-order valence-corrected chi connectivity index (χ0v) is 19.3. The number of hydrogen-bond acceptors (Lipinski definition) is 6. The van der Waals surface area contributed by atoms with Crippen molar-refractivity contribution in [3.05, 3.63) is 84.9 Å². The van der Waals surface area contributed by atoms with Crippen LogP contribution in [0, 0.1) is 0 Å². The van der Waals surface area contributed by atoms with Crippen molar-refractivity contribution in [2.24, 2.45) is 0 Å². The summed E-state index contributed by atoms with van der Waals surface area (Å²) in [6.07, 6.45) is 0. The van der Waals surface area contributed by atoms with Gasteiger partial charge in [-0.05, 0) is 39.7 Å². The first-order valence-corrected chi connectivity index (χ1v) is 11.9. The average molecular weight is 473 g/mol. The van der Waals surface area contributed by atoms with Crippen molar-refractivity contribution in [1.29, 1.82) is 0 Å². The van der Waals surface area contributed by atoms with Gasteiger partial charge in [-0.15, -0.1) is 0 Å². The van der Waals surface area contributed by atoms with Crippen LogP contribution in [0.1, 0.15) is 0 Å². The second kappa shape index (κ2) is 8.81. The zero-order valence-electron chi connectivity index (χ0n) is 17.6. The molecule has 0 aliphatic carbocycles. The first-order chi connectivity index (χ1) is 16.0. The minimum Gasteiger partial charge on any atom is -0.507 e. The van der Waals surface area contributed by atoms with E-state index in [2.05, 4.69) is 0 Å². The van der Waals surface area contributed by atoms with Gasteiger partial charge in [-0.25, -0.2) is 0 Å². The van der Waals surface area contributed by atoms with Gasteiger partial charge >= 0.3 is 0 Å². The second-order valence-corrected chi connectivity index (χ2v) is 9.55. The Balaban J connectivity index is 1.61. The summed E-state index contributed by atoms with van der Waals surface area (Å²) in [6, 6.07) is 26.1. The summed E-state index contributed by atoms with van der Waals surface area (Å²) in [7, 11) is 1.55. The van der Waals surface area contributed by atoms with E-state index in [9.17, 15) is 15.3 Å². The summed E-state index contributed by atoms with van der Waals surface area (Å²) < 4.78 is 5.53. The molecule has 33 heavy (non-hydrogen) atoms. The third kappa shape index (κ3) is 4.03. The van der Waals surface area contributed by atoms with Gasteiger partial charge in [0.05, 0.1) is 26.7 Å². The lowest BCUT2D eigenvalue weighted by Crippen LogP contribution is -1.89. The molecule has 6 heteroatoms. The van der Waals surface area contributed by atoms with Gasteiger partial charge in [-0.1, -0.05) is 84.2 Å². The maximum absolute atomic E-state index is 10.7. The lowest BCUT2D eigenvalue weighted by Gasteiger charge is -2.15. The Morgan fingerprint density at radius 2 is 1.09 bits per heavy atom. The highest BCUT2D eigenvalue weighted by atomic mass is 32.2. The molecular formula is C27H20O4S2. The smallest absolute Gasteiger partial charge is 0.136 e. The summed E-state index contributed by atoms with van der Waals surface area (Å²) in [5, 5.41) is 35.7. The third-order valence-corrected chi connectivity index (χ3v) is 7.74. The molecule has 0 saturated heterocycles. The van der Waals surface area contributed by atoms with E-state index in [-0.39, 0.29) is 17.2 Å². The maximum Gasteiger partial charge on any atom is 0.136 e. The van der Waals surface area contributed by atoms with Crippen molar-refractivity contribution in [2.45, 2.75) is 19.6 Å². The molecule has 0 radical (unpaired) electrons. The van der Waals surface area contributed by atoms with E-state index in [0.29, 0.717) is 20.4 Å². The Kier molecular flexibility index (Phi) is 5.70. The molecule has 0 amide bonds. The van der Waals surface area contributed by atoms with Gasteiger partial charge in [0.25, 0.3) is 0 Å². The fourth-order valence-corrected chi connectivity index (χ4v) is 5.96. The molecule has 4 nitrogen and oxygen atoms in total. The van der Waals surface area contributed by atoms with Crippen LogP contribution in [0.5, 0.6) is 23.0 Å². The Morgan fingerprint density at radius 3 is 1.64 bits per heavy atom. The second-order valence-electron chi connectivity index (χ2n) is 7.44. The number of hydrogen-bond donors (Lipinski definition) is 3. The predicted octanol–water partition coefficient (Wildman–Crippen LogP) is 7.42. The molecule has 0 heterocycles. The van der Waals surface area contributed by atoms with Crippen LogP contribution in [0.25, 0.3) is 21.5 Å². The van der Waals surface area contributed by atoms with E-state index >= 15 is 0 Å². The fourth-order valence-electron chi connectivity index (χ4n) is 3.75. The standard InChI is InChI=1S/C27H20O4S2/c1-31-23-14-22(30)24(32-26-18-8-4-2-6-16(18)10-12-20(26)28)15-25(23)33-27-19-9-5-3-7-17(19)11-13-21(27)29/h2-15,28-30H,1H3. The molecule has 0 fully saturated rings. The third-order valence-electron chi connectivity index (χ3n) is 5.39. The van der Waals surface area contributed by atoms with E-state index in [4.69, 9.17) is 4.74 Å². The first kappa shape index (κ1) is 21.4. The molecular weight excluding hydrogens is 452 g/mol. The molecule has 0 spiro atoms. The Hall–Kier alpha value is -3.48. The van der Waals surface area contributed by atoms with Gasteiger partial charge in [0.15, 0.2) is 0 Å². The highest BCUT2D eigenvalue weighted by Crippen LogP contribution is 2.49. The zero-order chi connectivity index (χ0) is 22.9. The molecule has 0 unspecified atom stereocenters. The Bertz CT molecular complexity index is 1500. The topological polar surface area (TPSA) is 69.9 Å². The van der Waals surface area contributed by atoms with Crippen molar-refractivity contribution >= 4 is 45.1 Å². The SMILES string of the molecule is COc1cc(O)c(Sc2c(O)ccc3ccccc23)cc1Sc1c(O)ccc2ccccc12. The molecule has 5 rings (SSSR count).